The maximum atomic E-state index is 11.6. The van der Waals surface area contributed by atoms with E-state index >= 15 is 0 Å². The Morgan fingerprint density at radius 1 is 1.32 bits per heavy atom. The van der Waals surface area contributed by atoms with Gasteiger partial charge >= 0.3 is 0 Å². The molecule has 0 saturated carbocycles. The van der Waals surface area contributed by atoms with Crippen molar-refractivity contribution < 1.29 is 9.53 Å². The Morgan fingerprint density at radius 3 is 2.76 bits per heavy atom. The predicted octanol–water partition coefficient (Wildman–Crippen LogP) is 3.73. The van der Waals surface area contributed by atoms with Crippen molar-refractivity contribution in [2.75, 3.05) is 6.54 Å². The summed E-state index contributed by atoms with van der Waals surface area (Å²) in [7, 11) is 0. The molecular formula is C20H21BrN2O2. The van der Waals surface area contributed by atoms with E-state index in [0.29, 0.717) is 6.54 Å². The van der Waals surface area contributed by atoms with Gasteiger partial charge in [-0.1, -0.05) is 43.0 Å². The highest BCUT2D eigenvalue weighted by Crippen LogP contribution is 2.31. The zero-order valence-corrected chi connectivity index (χ0v) is 15.5. The lowest BCUT2D eigenvalue weighted by Gasteiger charge is -2.18. The van der Waals surface area contributed by atoms with Gasteiger partial charge in [-0.25, -0.2) is 0 Å². The van der Waals surface area contributed by atoms with Crippen molar-refractivity contribution in [2.45, 2.75) is 25.1 Å². The van der Waals surface area contributed by atoms with Gasteiger partial charge in [-0.15, -0.1) is 0 Å². The van der Waals surface area contributed by atoms with Crippen LogP contribution in [0.15, 0.2) is 65.7 Å². The van der Waals surface area contributed by atoms with Crippen molar-refractivity contribution in [3.05, 3.63) is 76.8 Å². The molecule has 1 amide bonds. The third-order valence-corrected chi connectivity index (χ3v) is 4.81. The molecule has 4 nitrogen and oxygen atoms in total. The maximum absolute atomic E-state index is 11.6. The van der Waals surface area contributed by atoms with Gasteiger partial charge in [0.05, 0.1) is 10.5 Å². The summed E-state index contributed by atoms with van der Waals surface area (Å²) in [6.07, 6.45) is 2.42. The van der Waals surface area contributed by atoms with Crippen LogP contribution in [0.4, 0.5) is 0 Å². The summed E-state index contributed by atoms with van der Waals surface area (Å²) in [6, 6.07) is 15.8. The van der Waals surface area contributed by atoms with Crippen LogP contribution in [0.1, 0.15) is 23.7 Å². The van der Waals surface area contributed by atoms with E-state index in [4.69, 9.17) is 4.74 Å². The van der Waals surface area contributed by atoms with Crippen molar-refractivity contribution in [2.24, 2.45) is 0 Å². The van der Waals surface area contributed by atoms with Gasteiger partial charge in [-0.3, -0.25) is 4.79 Å². The number of hydrogen-bond donors (Lipinski definition) is 2. The normalized spacial score (nSPS) is 17.8. The van der Waals surface area contributed by atoms with E-state index in [1.54, 1.807) is 6.08 Å². The standard InChI is InChI=1S/C20H21BrN2O2/c1-2-18(15-6-4-3-5-7-15)25-19-9-8-14(12-16(19)21)13-23-17-10-11-22-20(17)24/h2-9,12,17-18,23H,1,10-11,13H2,(H,22,24). The number of ether oxygens (including phenoxy) is 1. The Balaban J connectivity index is 1.65. The van der Waals surface area contributed by atoms with Crippen molar-refractivity contribution >= 4 is 21.8 Å². The van der Waals surface area contributed by atoms with E-state index < -0.39 is 0 Å². The van der Waals surface area contributed by atoms with Gasteiger partial charge in [0.2, 0.25) is 5.91 Å². The molecule has 2 aromatic carbocycles. The van der Waals surface area contributed by atoms with E-state index in [9.17, 15) is 4.79 Å². The molecule has 2 unspecified atom stereocenters. The fourth-order valence-electron chi connectivity index (χ4n) is 2.81. The molecule has 1 aliphatic heterocycles. The lowest BCUT2D eigenvalue weighted by atomic mass is 10.1. The van der Waals surface area contributed by atoms with Crippen LogP contribution in [0, 0.1) is 0 Å². The summed E-state index contributed by atoms with van der Waals surface area (Å²) in [5.74, 6) is 0.840. The van der Waals surface area contributed by atoms with Crippen molar-refractivity contribution in [1.29, 1.82) is 0 Å². The van der Waals surface area contributed by atoms with Gasteiger partial charge in [0, 0.05) is 13.1 Å². The molecule has 0 radical (unpaired) electrons. The first kappa shape index (κ1) is 17.7. The first-order chi connectivity index (χ1) is 12.2. The van der Waals surface area contributed by atoms with Crippen molar-refractivity contribution in [1.82, 2.24) is 10.6 Å². The molecule has 25 heavy (non-hydrogen) atoms. The van der Waals surface area contributed by atoms with Crippen LogP contribution in [0.2, 0.25) is 0 Å². The summed E-state index contributed by atoms with van der Waals surface area (Å²) in [5.41, 5.74) is 2.15. The molecule has 1 heterocycles. The number of benzene rings is 2. The van der Waals surface area contributed by atoms with E-state index in [1.807, 2.05) is 48.5 Å². The van der Waals surface area contributed by atoms with Crippen LogP contribution in [0.25, 0.3) is 0 Å². The lowest BCUT2D eigenvalue weighted by molar-refractivity contribution is -0.120. The fraction of sp³-hybridized carbons (Fsp3) is 0.250. The molecule has 130 valence electrons. The highest BCUT2D eigenvalue weighted by Gasteiger charge is 2.23. The van der Waals surface area contributed by atoms with Gasteiger partial charge in [-0.05, 0) is 51.7 Å². The Bertz CT molecular complexity index is 749. The molecule has 1 saturated heterocycles. The molecule has 0 spiro atoms. The van der Waals surface area contributed by atoms with E-state index in [0.717, 1.165) is 34.3 Å². The van der Waals surface area contributed by atoms with E-state index in [2.05, 4.69) is 33.1 Å². The zero-order valence-electron chi connectivity index (χ0n) is 13.9. The first-order valence-corrected chi connectivity index (χ1v) is 9.10. The molecule has 1 fully saturated rings. The average Bonchev–Trinajstić information content (AvgIpc) is 3.05. The summed E-state index contributed by atoms with van der Waals surface area (Å²) in [5, 5.41) is 6.11. The molecule has 5 heteroatoms. The minimum absolute atomic E-state index is 0.0794. The molecule has 0 aromatic heterocycles. The highest BCUT2D eigenvalue weighted by atomic mass is 79.9. The molecule has 0 bridgehead atoms. The quantitative estimate of drug-likeness (QED) is 0.696. The van der Waals surface area contributed by atoms with Crippen LogP contribution in [-0.2, 0) is 11.3 Å². The Kier molecular flexibility index (Phi) is 5.89. The van der Waals surface area contributed by atoms with Crippen LogP contribution < -0.4 is 15.4 Å². The van der Waals surface area contributed by atoms with Gasteiger partial charge in [-0.2, -0.15) is 0 Å². The molecule has 2 atom stereocenters. The van der Waals surface area contributed by atoms with E-state index in [-0.39, 0.29) is 18.1 Å². The second-order valence-corrected chi connectivity index (χ2v) is 6.82. The Hall–Kier alpha value is -2.11. The van der Waals surface area contributed by atoms with Crippen molar-refractivity contribution in [3.63, 3.8) is 0 Å². The third kappa shape index (κ3) is 4.50. The lowest BCUT2D eigenvalue weighted by Crippen LogP contribution is -2.35. The fourth-order valence-corrected chi connectivity index (χ4v) is 3.33. The Morgan fingerprint density at radius 2 is 2.12 bits per heavy atom. The highest BCUT2D eigenvalue weighted by molar-refractivity contribution is 9.10. The SMILES string of the molecule is C=CC(Oc1ccc(CNC2CCNC2=O)cc1Br)c1ccccc1. The zero-order chi connectivity index (χ0) is 17.6. The number of carbonyl (C=O) groups is 1. The number of amides is 1. The Labute approximate surface area is 156 Å². The first-order valence-electron chi connectivity index (χ1n) is 8.31. The molecule has 3 rings (SSSR count). The van der Waals surface area contributed by atoms with Crippen LogP contribution in [0.3, 0.4) is 0 Å². The third-order valence-electron chi connectivity index (χ3n) is 4.19. The summed E-state index contributed by atoms with van der Waals surface area (Å²) in [4.78, 5) is 11.6. The second kappa shape index (κ2) is 8.32. The number of carbonyl (C=O) groups excluding carboxylic acids is 1. The van der Waals surface area contributed by atoms with Gasteiger partial charge in [0.1, 0.15) is 11.9 Å². The topological polar surface area (TPSA) is 50.4 Å². The molecule has 2 aromatic rings. The number of halogens is 1. The molecular weight excluding hydrogens is 380 g/mol. The smallest absolute Gasteiger partial charge is 0.237 e. The van der Waals surface area contributed by atoms with Gasteiger partial charge < -0.3 is 15.4 Å². The molecule has 1 aliphatic rings. The molecule has 0 aliphatic carbocycles. The summed E-state index contributed by atoms with van der Waals surface area (Å²) >= 11 is 3.58. The maximum Gasteiger partial charge on any atom is 0.237 e. The summed E-state index contributed by atoms with van der Waals surface area (Å²) < 4.78 is 6.96. The minimum atomic E-state index is -0.205. The van der Waals surface area contributed by atoms with E-state index in [1.165, 1.54) is 0 Å². The second-order valence-electron chi connectivity index (χ2n) is 5.96. The largest absolute Gasteiger partial charge is 0.480 e. The molecule has 2 N–H and O–H groups in total. The number of hydrogen-bond acceptors (Lipinski definition) is 3. The van der Waals surface area contributed by atoms with Crippen molar-refractivity contribution in [3.8, 4) is 5.75 Å². The van der Waals surface area contributed by atoms with Crippen LogP contribution in [0.5, 0.6) is 5.75 Å². The number of rotatable bonds is 7. The van der Waals surface area contributed by atoms with Crippen LogP contribution >= 0.6 is 15.9 Å². The minimum Gasteiger partial charge on any atom is -0.480 e. The van der Waals surface area contributed by atoms with Gasteiger partial charge in [0.15, 0.2) is 0 Å². The van der Waals surface area contributed by atoms with Gasteiger partial charge in [0.25, 0.3) is 0 Å². The predicted molar refractivity (Wildman–Crippen MR) is 102 cm³/mol. The van der Waals surface area contributed by atoms with Crippen LogP contribution in [-0.4, -0.2) is 18.5 Å². The monoisotopic (exact) mass is 400 g/mol. The average molecular weight is 401 g/mol. The number of nitrogens with one attached hydrogen (secondary N) is 2. The summed E-state index contributed by atoms with van der Waals surface area (Å²) in [6.45, 7) is 5.26.